The van der Waals surface area contributed by atoms with Crippen molar-refractivity contribution in [1.82, 2.24) is 10.2 Å². The van der Waals surface area contributed by atoms with Crippen LogP contribution in [0.1, 0.15) is 46.1 Å². The van der Waals surface area contributed by atoms with Crippen molar-refractivity contribution >= 4 is 17.9 Å². The van der Waals surface area contributed by atoms with E-state index in [0.29, 0.717) is 24.8 Å². The molecule has 1 N–H and O–H groups in total. The standard InChI is InChI=1S/C21H30N2O2/c1-15(2)12-18-14-23(19(13-16(3)4)21(25)22-18)20(24)11-10-17-8-6-5-7-9-17/h5-11,15-16,18-19H,12-14H2,1-4H3,(H,22,25)/b11-10+/t18-,19-/m0/s1. The van der Waals surface area contributed by atoms with E-state index in [0.717, 1.165) is 12.0 Å². The molecule has 0 unspecified atom stereocenters. The second kappa shape index (κ2) is 8.84. The van der Waals surface area contributed by atoms with E-state index >= 15 is 0 Å². The number of amides is 2. The van der Waals surface area contributed by atoms with Gasteiger partial charge in [-0.05, 0) is 36.3 Å². The fraction of sp³-hybridized carbons (Fsp3) is 0.524. The molecule has 1 aromatic carbocycles. The van der Waals surface area contributed by atoms with E-state index in [1.54, 1.807) is 11.0 Å². The smallest absolute Gasteiger partial charge is 0.247 e. The molecule has 0 aliphatic carbocycles. The molecule has 4 nitrogen and oxygen atoms in total. The summed E-state index contributed by atoms with van der Waals surface area (Å²) < 4.78 is 0. The van der Waals surface area contributed by atoms with Crippen LogP contribution in [0.4, 0.5) is 0 Å². The van der Waals surface area contributed by atoms with Gasteiger partial charge in [0.1, 0.15) is 6.04 Å². The van der Waals surface area contributed by atoms with Crippen molar-refractivity contribution in [2.45, 2.75) is 52.6 Å². The minimum Gasteiger partial charge on any atom is -0.350 e. The van der Waals surface area contributed by atoms with Gasteiger partial charge in [0.25, 0.3) is 0 Å². The van der Waals surface area contributed by atoms with Crippen LogP contribution in [-0.4, -0.2) is 35.3 Å². The minimum atomic E-state index is -0.378. The molecule has 0 saturated carbocycles. The average Bonchev–Trinajstić information content (AvgIpc) is 2.55. The Labute approximate surface area is 151 Å². The van der Waals surface area contributed by atoms with Crippen LogP contribution < -0.4 is 5.32 Å². The molecule has 1 aliphatic heterocycles. The lowest BCUT2D eigenvalue weighted by molar-refractivity contribution is -0.142. The van der Waals surface area contributed by atoms with Crippen LogP contribution >= 0.6 is 0 Å². The van der Waals surface area contributed by atoms with E-state index < -0.39 is 0 Å². The summed E-state index contributed by atoms with van der Waals surface area (Å²) in [5.74, 6) is 0.722. The summed E-state index contributed by atoms with van der Waals surface area (Å²) in [5.41, 5.74) is 0.983. The summed E-state index contributed by atoms with van der Waals surface area (Å²) in [6.07, 6.45) is 4.98. The third-order valence-corrected chi connectivity index (χ3v) is 4.39. The molecule has 0 radical (unpaired) electrons. The number of carbonyl (C=O) groups is 2. The highest BCUT2D eigenvalue weighted by molar-refractivity contribution is 5.96. The summed E-state index contributed by atoms with van der Waals surface area (Å²) in [7, 11) is 0. The number of rotatable bonds is 6. The lowest BCUT2D eigenvalue weighted by atomic mass is 9.95. The maximum absolute atomic E-state index is 12.8. The summed E-state index contributed by atoms with van der Waals surface area (Å²) in [6, 6.07) is 9.40. The average molecular weight is 342 g/mol. The molecule has 0 aromatic heterocycles. The number of piperazine rings is 1. The summed E-state index contributed by atoms with van der Waals surface area (Å²) in [6.45, 7) is 9.01. The van der Waals surface area contributed by atoms with Crippen molar-refractivity contribution in [3.05, 3.63) is 42.0 Å². The Balaban J connectivity index is 2.16. The van der Waals surface area contributed by atoms with Crippen molar-refractivity contribution in [3.63, 3.8) is 0 Å². The highest BCUT2D eigenvalue weighted by Gasteiger charge is 2.36. The van der Waals surface area contributed by atoms with Crippen molar-refractivity contribution in [3.8, 4) is 0 Å². The lowest BCUT2D eigenvalue weighted by Crippen LogP contribution is -2.61. The third kappa shape index (κ3) is 5.73. The van der Waals surface area contributed by atoms with E-state index in [-0.39, 0.29) is 23.9 Å². The van der Waals surface area contributed by atoms with Crippen LogP contribution in [-0.2, 0) is 9.59 Å². The first kappa shape index (κ1) is 19.2. The fourth-order valence-corrected chi connectivity index (χ4v) is 3.30. The van der Waals surface area contributed by atoms with Crippen LogP contribution in [0, 0.1) is 11.8 Å². The Kier molecular flexibility index (Phi) is 6.80. The van der Waals surface area contributed by atoms with E-state index in [1.807, 2.05) is 36.4 Å². The van der Waals surface area contributed by atoms with Gasteiger partial charge in [0.15, 0.2) is 0 Å². The Bertz CT molecular complexity index is 608. The van der Waals surface area contributed by atoms with Crippen molar-refractivity contribution in [1.29, 1.82) is 0 Å². The Morgan fingerprint density at radius 2 is 1.80 bits per heavy atom. The molecule has 1 aromatic rings. The summed E-state index contributed by atoms with van der Waals surface area (Å²) in [4.78, 5) is 27.1. The van der Waals surface area contributed by atoms with E-state index in [4.69, 9.17) is 0 Å². The molecule has 1 heterocycles. The van der Waals surface area contributed by atoms with Gasteiger partial charge in [-0.3, -0.25) is 9.59 Å². The van der Waals surface area contributed by atoms with Gasteiger partial charge in [-0.2, -0.15) is 0 Å². The van der Waals surface area contributed by atoms with Crippen LogP contribution in [0.2, 0.25) is 0 Å². The van der Waals surface area contributed by atoms with Gasteiger partial charge in [0.2, 0.25) is 11.8 Å². The van der Waals surface area contributed by atoms with Gasteiger partial charge in [0, 0.05) is 18.7 Å². The summed E-state index contributed by atoms with van der Waals surface area (Å²) in [5, 5.41) is 3.10. The number of benzene rings is 1. The zero-order chi connectivity index (χ0) is 18.4. The number of carbonyl (C=O) groups excluding carboxylic acids is 2. The first-order valence-corrected chi connectivity index (χ1v) is 9.21. The molecule has 2 amide bonds. The molecule has 0 bridgehead atoms. The van der Waals surface area contributed by atoms with Gasteiger partial charge in [-0.1, -0.05) is 58.0 Å². The second-order valence-corrected chi connectivity index (χ2v) is 7.72. The van der Waals surface area contributed by atoms with E-state index in [2.05, 4.69) is 33.0 Å². The largest absolute Gasteiger partial charge is 0.350 e. The molecule has 136 valence electrons. The van der Waals surface area contributed by atoms with Gasteiger partial charge in [-0.15, -0.1) is 0 Å². The molecule has 2 rings (SSSR count). The molecular weight excluding hydrogens is 312 g/mol. The van der Waals surface area contributed by atoms with Crippen LogP contribution in [0.25, 0.3) is 6.08 Å². The molecule has 2 atom stereocenters. The molecular formula is C21H30N2O2. The highest BCUT2D eigenvalue weighted by Crippen LogP contribution is 2.20. The monoisotopic (exact) mass is 342 g/mol. The normalized spacial score (nSPS) is 21.2. The zero-order valence-electron chi connectivity index (χ0n) is 15.7. The SMILES string of the molecule is CC(C)C[C@H]1CN(C(=O)/C=C/c2ccccc2)[C@@H](CC(C)C)C(=O)N1. The minimum absolute atomic E-state index is 0.0212. The molecule has 25 heavy (non-hydrogen) atoms. The Morgan fingerprint density at radius 1 is 1.16 bits per heavy atom. The molecule has 1 fully saturated rings. The lowest BCUT2D eigenvalue weighted by Gasteiger charge is -2.40. The van der Waals surface area contributed by atoms with Gasteiger partial charge in [-0.25, -0.2) is 0 Å². The van der Waals surface area contributed by atoms with Gasteiger partial charge < -0.3 is 10.2 Å². The van der Waals surface area contributed by atoms with Crippen LogP contribution in [0.5, 0.6) is 0 Å². The fourth-order valence-electron chi connectivity index (χ4n) is 3.30. The molecule has 1 saturated heterocycles. The number of hydrogen-bond donors (Lipinski definition) is 1. The molecule has 1 aliphatic rings. The predicted molar refractivity (Wildman–Crippen MR) is 102 cm³/mol. The van der Waals surface area contributed by atoms with Crippen molar-refractivity contribution < 1.29 is 9.59 Å². The van der Waals surface area contributed by atoms with E-state index in [9.17, 15) is 9.59 Å². The first-order valence-electron chi connectivity index (χ1n) is 9.21. The Morgan fingerprint density at radius 3 is 2.40 bits per heavy atom. The second-order valence-electron chi connectivity index (χ2n) is 7.72. The molecule has 4 heteroatoms. The number of nitrogens with zero attached hydrogens (tertiary/aromatic N) is 1. The third-order valence-electron chi connectivity index (χ3n) is 4.39. The summed E-state index contributed by atoms with van der Waals surface area (Å²) >= 11 is 0. The maximum Gasteiger partial charge on any atom is 0.247 e. The Hall–Kier alpha value is -2.10. The number of hydrogen-bond acceptors (Lipinski definition) is 2. The highest BCUT2D eigenvalue weighted by atomic mass is 16.2. The molecule has 0 spiro atoms. The first-order chi connectivity index (χ1) is 11.9. The topological polar surface area (TPSA) is 49.4 Å². The predicted octanol–water partition coefficient (Wildman–Crippen LogP) is 3.49. The van der Waals surface area contributed by atoms with Crippen LogP contribution in [0.15, 0.2) is 36.4 Å². The quantitative estimate of drug-likeness (QED) is 0.805. The maximum atomic E-state index is 12.8. The number of nitrogens with one attached hydrogen (secondary N) is 1. The van der Waals surface area contributed by atoms with E-state index in [1.165, 1.54) is 0 Å². The van der Waals surface area contributed by atoms with Crippen LogP contribution in [0.3, 0.4) is 0 Å². The van der Waals surface area contributed by atoms with Crippen molar-refractivity contribution in [2.24, 2.45) is 11.8 Å². The van der Waals surface area contributed by atoms with Gasteiger partial charge in [0.05, 0.1) is 0 Å². The zero-order valence-corrected chi connectivity index (χ0v) is 15.7. The van der Waals surface area contributed by atoms with Gasteiger partial charge >= 0.3 is 0 Å². The van der Waals surface area contributed by atoms with Crippen molar-refractivity contribution in [2.75, 3.05) is 6.54 Å².